The molecular weight excluding hydrogens is 312 g/mol. The maximum Gasteiger partial charge on any atom is 0.133 e. The van der Waals surface area contributed by atoms with Gasteiger partial charge in [0.1, 0.15) is 10.4 Å². The van der Waals surface area contributed by atoms with Crippen molar-refractivity contribution in [1.82, 2.24) is 9.97 Å². The van der Waals surface area contributed by atoms with Crippen molar-refractivity contribution in [2.45, 2.75) is 39.0 Å². The van der Waals surface area contributed by atoms with Gasteiger partial charge in [0.05, 0.1) is 5.69 Å². The molecule has 3 heteroatoms. The van der Waals surface area contributed by atoms with Crippen molar-refractivity contribution < 1.29 is 0 Å². The summed E-state index contributed by atoms with van der Waals surface area (Å²) in [4.78, 5) is 9.24. The zero-order chi connectivity index (χ0) is 14.1. The van der Waals surface area contributed by atoms with Gasteiger partial charge in [0.2, 0.25) is 0 Å². The summed E-state index contributed by atoms with van der Waals surface area (Å²) in [6.45, 7) is 4.50. The summed E-state index contributed by atoms with van der Waals surface area (Å²) < 4.78 is 0.888. The van der Waals surface area contributed by atoms with E-state index in [1.807, 2.05) is 6.07 Å². The standard InChI is InChI=1S/C17H19BrN2/c1-11(2)8-12-4-3-5-14(9-12)15-10-16(18)20-17(19-15)13-6-7-13/h3-5,9-11,13H,6-8H2,1-2H3. The summed E-state index contributed by atoms with van der Waals surface area (Å²) in [5.41, 5.74) is 3.59. The van der Waals surface area contributed by atoms with E-state index in [9.17, 15) is 0 Å². The van der Waals surface area contributed by atoms with Gasteiger partial charge in [0.15, 0.2) is 0 Å². The van der Waals surface area contributed by atoms with Crippen molar-refractivity contribution in [1.29, 1.82) is 0 Å². The van der Waals surface area contributed by atoms with Gasteiger partial charge < -0.3 is 0 Å². The molecule has 1 aliphatic carbocycles. The van der Waals surface area contributed by atoms with Gasteiger partial charge in [-0.3, -0.25) is 0 Å². The predicted octanol–water partition coefficient (Wildman–Crippen LogP) is 4.98. The van der Waals surface area contributed by atoms with Crippen LogP contribution < -0.4 is 0 Å². The van der Waals surface area contributed by atoms with E-state index in [0.717, 1.165) is 22.5 Å². The maximum absolute atomic E-state index is 4.74. The number of aromatic nitrogens is 2. The molecule has 0 amide bonds. The topological polar surface area (TPSA) is 25.8 Å². The molecule has 0 spiro atoms. The molecule has 1 saturated carbocycles. The summed E-state index contributed by atoms with van der Waals surface area (Å²) in [6, 6.07) is 10.7. The highest BCUT2D eigenvalue weighted by Gasteiger charge is 2.27. The van der Waals surface area contributed by atoms with E-state index in [-0.39, 0.29) is 0 Å². The molecule has 0 atom stereocenters. The summed E-state index contributed by atoms with van der Waals surface area (Å²) >= 11 is 3.51. The second-order valence-corrected chi connectivity index (χ2v) is 6.82. The van der Waals surface area contributed by atoms with Crippen LogP contribution in [0.3, 0.4) is 0 Å². The first kappa shape index (κ1) is 13.7. The second kappa shape index (κ2) is 5.65. The van der Waals surface area contributed by atoms with E-state index < -0.39 is 0 Å². The van der Waals surface area contributed by atoms with E-state index in [1.54, 1.807) is 0 Å². The lowest BCUT2D eigenvalue weighted by Gasteiger charge is -2.08. The van der Waals surface area contributed by atoms with Gasteiger partial charge in [-0.1, -0.05) is 32.0 Å². The highest BCUT2D eigenvalue weighted by Crippen LogP contribution is 2.39. The Bertz CT molecular complexity index is 618. The minimum atomic E-state index is 0.574. The second-order valence-electron chi connectivity index (χ2n) is 6.01. The summed E-state index contributed by atoms with van der Waals surface area (Å²) in [5.74, 6) is 2.23. The molecule has 0 N–H and O–H groups in total. The molecule has 1 fully saturated rings. The van der Waals surface area contributed by atoms with Crippen molar-refractivity contribution >= 4 is 15.9 Å². The van der Waals surface area contributed by atoms with Crippen LogP contribution in [0.25, 0.3) is 11.3 Å². The molecule has 0 aliphatic heterocycles. The molecule has 0 bridgehead atoms. The van der Waals surface area contributed by atoms with Crippen LogP contribution in [0.15, 0.2) is 34.9 Å². The van der Waals surface area contributed by atoms with Crippen molar-refractivity contribution in [3.63, 3.8) is 0 Å². The molecule has 0 unspecified atom stereocenters. The zero-order valence-corrected chi connectivity index (χ0v) is 13.5. The minimum Gasteiger partial charge on any atom is -0.233 e. The minimum absolute atomic E-state index is 0.574. The third kappa shape index (κ3) is 3.26. The van der Waals surface area contributed by atoms with Crippen LogP contribution in [0.4, 0.5) is 0 Å². The van der Waals surface area contributed by atoms with Gasteiger partial charge in [-0.15, -0.1) is 0 Å². The molecule has 1 aromatic heterocycles. The number of hydrogen-bond acceptors (Lipinski definition) is 2. The first-order valence-electron chi connectivity index (χ1n) is 7.25. The van der Waals surface area contributed by atoms with Crippen molar-refractivity contribution in [3.05, 3.63) is 46.3 Å². The van der Waals surface area contributed by atoms with E-state index in [0.29, 0.717) is 11.8 Å². The molecule has 2 nitrogen and oxygen atoms in total. The van der Waals surface area contributed by atoms with Crippen molar-refractivity contribution in [2.24, 2.45) is 5.92 Å². The zero-order valence-electron chi connectivity index (χ0n) is 11.9. The first-order valence-corrected chi connectivity index (χ1v) is 8.05. The largest absolute Gasteiger partial charge is 0.233 e. The Morgan fingerprint density at radius 2 is 2.00 bits per heavy atom. The van der Waals surface area contributed by atoms with Crippen LogP contribution in [-0.2, 0) is 6.42 Å². The third-order valence-electron chi connectivity index (χ3n) is 3.52. The Morgan fingerprint density at radius 3 is 2.70 bits per heavy atom. The molecule has 1 heterocycles. The quantitative estimate of drug-likeness (QED) is 0.738. The molecule has 3 rings (SSSR count). The van der Waals surface area contributed by atoms with E-state index in [2.05, 4.69) is 59.0 Å². The van der Waals surface area contributed by atoms with Gasteiger partial charge in [0, 0.05) is 11.5 Å². The Hall–Kier alpha value is -1.22. The lowest BCUT2D eigenvalue weighted by atomic mass is 10.00. The van der Waals surface area contributed by atoms with Crippen LogP contribution in [0, 0.1) is 5.92 Å². The number of hydrogen-bond donors (Lipinski definition) is 0. The van der Waals surface area contributed by atoms with Crippen molar-refractivity contribution in [2.75, 3.05) is 0 Å². The number of benzene rings is 1. The molecule has 0 saturated heterocycles. The number of rotatable bonds is 4. The average Bonchev–Trinajstić information content (AvgIpc) is 3.22. The van der Waals surface area contributed by atoms with Crippen LogP contribution in [0.1, 0.15) is 44.0 Å². The molecule has 104 valence electrons. The summed E-state index contributed by atoms with van der Waals surface area (Å²) in [6.07, 6.45) is 3.56. The van der Waals surface area contributed by atoms with Crippen LogP contribution in [0.2, 0.25) is 0 Å². The Morgan fingerprint density at radius 1 is 1.20 bits per heavy atom. The molecule has 1 aliphatic rings. The van der Waals surface area contributed by atoms with Crippen molar-refractivity contribution in [3.8, 4) is 11.3 Å². The molecule has 2 aromatic rings. The lowest BCUT2D eigenvalue weighted by molar-refractivity contribution is 0.647. The van der Waals surface area contributed by atoms with Crippen LogP contribution in [-0.4, -0.2) is 9.97 Å². The van der Waals surface area contributed by atoms with Gasteiger partial charge in [0.25, 0.3) is 0 Å². The fourth-order valence-corrected chi connectivity index (χ4v) is 2.83. The average molecular weight is 331 g/mol. The van der Waals surface area contributed by atoms with Gasteiger partial charge in [-0.25, -0.2) is 9.97 Å². The predicted molar refractivity (Wildman–Crippen MR) is 85.7 cm³/mol. The fourth-order valence-electron chi connectivity index (χ4n) is 2.44. The maximum atomic E-state index is 4.74. The third-order valence-corrected chi connectivity index (χ3v) is 3.93. The van der Waals surface area contributed by atoms with Gasteiger partial charge in [-0.2, -0.15) is 0 Å². The van der Waals surface area contributed by atoms with Crippen LogP contribution >= 0.6 is 15.9 Å². The van der Waals surface area contributed by atoms with E-state index in [1.165, 1.54) is 24.0 Å². The number of nitrogens with zero attached hydrogens (tertiary/aromatic N) is 2. The molecular formula is C17H19BrN2. The normalized spacial score (nSPS) is 14.8. The first-order chi connectivity index (χ1) is 9.61. The van der Waals surface area contributed by atoms with Gasteiger partial charge in [-0.05, 0) is 58.8 Å². The molecule has 0 radical (unpaired) electrons. The lowest BCUT2D eigenvalue weighted by Crippen LogP contribution is -1.97. The smallest absolute Gasteiger partial charge is 0.133 e. The molecule has 1 aromatic carbocycles. The highest BCUT2D eigenvalue weighted by molar-refractivity contribution is 9.10. The Kier molecular flexibility index (Phi) is 3.88. The van der Waals surface area contributed by atoms with Gasteiger partial charge >= 0.3 is 0 Å². The number of halogens is 1. The highest BCUT2D eigenvalue weighted by atomic mass is 79.9. The summed E-state index contributed by atoms with van der Waals surface area (Å²) in [5, 5.41) is 0. The van der Waals surface area contributed by atoms with E-state index in [4.69, 9.17) is 4.98 Å². The SMILES string of the molecule is CC(C)Cc1cccc(-c2cc(Br)nc(C3CC3)n2)c1. The van der Waals surface area contributed by atoms with E-state index >= 15 is 0 Å². The monoisotopic (exact) mass is 330 g/mol. The fraction of sp³-hybridized carbons (Fsp3) is 0.412. The molecule has 20 heavy (non-hydrogen) atoms. The Balaban J connectivity index is 1.95. The van der Waals surface area contributed by atoms with Crippen LogP contribution in [0.5, 0.6) is 0 Å². The summed E-state index contributed by atoms with van der Waals surface area (Å²) in [7, 11) is 0. The Labute approximate surface area is 128 Å².